The predicted octanol–water partition coefficient (Wildman–Crippen LogP) is 4.90. The minimum absolute atomic E-state index is 0.156. The van der Waals surface area contributed by atoms with Gasteiger partial charge in [0.25, 0.3) is 5.91 Å². The highest BCUT2D eigenvalue weighted by molar-refractivity contribution is 6.05. The van der Waals surface area contributed by atoms with Gasteiger partial charge >= 0.3 is 12.2 Å². The summed E-state index contributed by atoms with van der Waals surface area (Å²) >= 11 is 0. The number of amides is 5. The molecule has 4 saturated heterocycles. The molecule has 4 fully saturated rings. The average molecular weight is 827 g/mol. The zero-order chi connectivity index (χ0) is 42.3. The fraction of sp³-hybridized carbons (Fsp3) is 0.488. The molecule has 2 aromatic carbocycles. The molecule has 5 aliphatic heterocycles. The van der Waals surface area contributed by atoms with Gasteiger partial charge in [-0.3, -0.25) is 24.6 Å². The van der Waals surface area contributed by atoms with E-state index < -0.39 is 29.3 Å². The van der Waals surface area contributed by atoms with Crippen LogP contribution in [-0.2, 0) is 22.3 Å². The van der Waals surface area contributed by atoms with Gasteiger partial charge < -0.3 is 29.8 Å². The Labute approximate surface area is 346 Å². The fourth-order valence-corrected chi connectivity index (χ4v) is 9.29. The first-order valence-electron chi connectivity index (χ1n) is 20.7. The number of hydrogen-bond donors (Lipinski definition) is 2. The number of nitrogens with one attached hydrogen (secondary N) is 2. The lowest BCUT2D eigenvalue weighted by atomic mass is 9.96. The Hall–Kier alpha value is -5.89. The molecular weight excluding hydrogens is 778 g/mol. The van der Waals surface area contributed by atoms with Crippen LogP contribution < -0.4 is 25.3 Å². The molecule has 14 nitrogen and oxygen atoms in total. The Morgan fingerprint density at radius 3 is 2.32 bits per heavy atom. The topological polar surface area (TPSA) is 148 Å². The molecule has 3 atom stereocenters. The van der Waals surface area contributed by atoms with E-state index in [0.29, 0.717) is 48.9 Å². The summed E-state index contributed by atoms with van der Waals surface area (Å²) in [7, 11) is 0. The number of fused-ring (bicyclic) bond motifs is 1. The number of imide groups is 1. The number of piperidine rings is 2. The van der Waals surface area contributed by atoms with Crippen molar-refractivity contribution < 1.29 is 32.3 Å². The molecule has 316 valence electrons. The lowest BCUT2D eigenvalue weighted by Crippen LogP contribution is -2.59. The molecule has 60 heavy (non-hydrogen) atoms. The Morgan fingerprint density at radius 1 is 0.883 bits per heavy atom. The number of benzene rings is 2. The summed E-state index contributed by atoms with van der Waals surface area (Å²) in [5.74, 6) is 0.564. The zero-order valence-corrected chi connectivity index (χ0v) is 33.7. The van der Waals surface area contributed by atoms with E-state index in [-0.39, 0.29) is 36.3 Å². The van der Waals surface area contributed by atoms with Gasteiger partial charge in [-0.15, -0.1) is 0 Å². The van der Waals surface area contributed by atoms with Gasteiger partial charge in [0.1, 0.15) is 11.9 Å². The number of carbonyl (C=O) groups is 4. The molecule has 5 aliphatic rings. The molecule has 6 heterocycles. The third-order valence-corrected chi connectivity index (χ3v) is 12.7. The van der Waals surface area contributed by atoms with Crippen LogP contribution in [0.25, 0.3) is 0 Å². The molecule has 0 radical (unpaired) electrons. The Bertz CT molecular complexity index is 2180. The normalized spacial score (nSPS) is 23.1. The molecule has 8 rings (SSSR count). The van der Waals surface area contributed by atoms with E-state index in [1.165, 1.54) is 12.1 Å². The number of halogens is 3. The van der Waals surface area contributed by atoms with E-state index in [1.807, 2.05) is 43.0 Å². The van der Waals surface area contributed by atoms with Crippen LogP contribution in [0.4, 0.5) is 40.8 Å². The molecule has 3 aromatic rings. The van der Waals surface area contributed by atoms with E-state index in [1.54, 1.807) is 22.1 Å². The molecule has 17 heteroatoms. The number of piperazine rings is 2. The monoisotopic (exact) mass is 826 g/mol. The number of nitriles is 1. The van der Waals surface area contributed by atoms with Crippen LogP contribution in [0.1, 0.15) is 66.6 Å². The van der Waals surface area contributed by atoms with Gasteiger partial charge in [-0.2, -0.15) is 18.4 Å². The first-order chi connectivity index (χ1) is 28.7. The number of anilines is 4. The average Bonchev–Trinajstić information content (AvgIpc) is 3.56. The van der Waals surface area contributed by atoms with Crippen molar-refractivity contribution in [1.29, 1.82) is 5.26 Å². The number of rotatable bonds is 7. The molecule has 0 unspecified atom stereocenters. The molecular formula is C43H49F3N10O4. The quantitative estimate of drug-likeness (QED) is 0.315. The van der Waals surface area contributed by atoms with Crippen LogP contribution in [0.2, 0.25) is 0 Å². The number of urea groups is 1. The second-order valence-corrected chi connectivity index (χ2v) is 16.6. The van der Waals surface area contributed by atoms with E-state index in [4.69, 9.17) is 0 Å². The van der Waals surface area contributed by atoms with Gasteiger partial charge in [-0.1, -0.05) is 6.07 Å². The predicted molar refractivity (Wildman–Crippen MR) is 218 cm³/mol. The molecule has 0 spiro atoms. The number of alkyl halides is 3. The van der Waals surface area contributed by atoms with E-state index in [0.717, 1.165) is 81.8 Å². The molecule has 2 N–H and O–H groups in total. The molecule has 0 aliphatic carbocycles. The van der Waals surface area contributed by atoms with Crippen LogP contribution in [0.3, 0.4) is 0 Å². The van der Waals surface area contributed by atoms with Crippen molar-refractivity contribution in [3.63, 3.8) is 0 Å². The van der Waals surface area contributed by atoms with Crippen molar-refractivity contribution in [3.8, 4) is 6.07 Å². The van der Waals surface area contributed by atoms with Crippen LogP contribution in [0.15, 0.2) is 54.7 Å². The highest BCUT2D eigenvalue weighted by Crippen LogP contribution is 2.36. The molecule has 1 aromatic heterocycles. The summed E-state index contributed by atoms with van der Waals surface area (Å²) in [4.78, 5) is 67.7. The van der Waals surface area contributed by atoms with Crippen molar-refractivity contribution in [1.82, 2.24) is 25.0 Å². The van der Waals surface area contributed by atoms with Crippen LogP contribution in [0.5, 0.6) is 0 Å². The van der Waals surface area contributed by atoms with Crippen molar-refractivity contribution in [3.05, 3.63) is 77.0 Å². The number of carbonyl (C=O) groups excluding carboxylic acids is 4. The SMILES string of the molecule is C[C@@H]1CN(c2ccc(C#N)c(C(F)(F)F)c2)[C@@H](C)CN1C(=O)Nc1ccc(N2CCC(CN3CCN(c4ccc5c(c4)C(=O)N([C@H]4CCC(=O)NC4=O)C5)CC3)CC2)nc1. The summed E-state index contributed by atoms with van der Waals surface area (Å²) in [5, 5.41) is 14.5. The minimum atomic E-state index is -4.65. The highest BCUT2D eigenvalue weighted by Gasteiger charge is 2.40. The Morgan fingerprint density at radius 2 is 1.63 bits per heavy atom. The molecule has 0 saturated carbocycles. The van der Waals surface area contributed by atoms with Gasteiger partial charge in [0.2, 0.25) is 11.8 Å². The Balaban J connectivity index is 0.775. The first-order valence-corrected chi connectivity index (χ1v) is 20.7. The second kappa shape index (κ2) is 16.6. The summed E-state index contributed by atoms with van der Waals surface area (Å²) in [5.41, 5.74) is 2.08. The Kier molecular flexibility index (Phi) is 11.3. The van der Waals surface area contributed by atoms with Crippen molar-refractivity contribution in [2.45, 2.75) is 70.4 Å². The number of hydrogen-bond acceptors (Lipinski definition) is 10. The van der Waals surface area contributed by atoms with Gasteiger partial charge in [0.15, 0.2) is 0 Å². The lowest BCUT2D eigenvalue weighted by molar-refractivity contribution is -0.138. The number of nitrogens with zero attached hydrogens (tertiary/aromatic N) is 8. The largest absolute Gasteiger partial charge is 0.417 e. The van der Waals surface area contributed by atoms with E-state index in [2.05, 4.69) is 36.4 Å². The van der Waals surface area contributed by atoms with Crippen molar-refractivity contribution >= 4 is 46.6 Å². The highest BCUT2D eigenvalue weighted by atomic mass is 19.4. The van der Waals surface area contributed by atoms with E-state index >= 15 is 0 Å². The first kappa shape index (κ1) is 40.9. The van der Waals surface area contributed by atoms with Gasteiger partial charge in [0.05, 0.1) is 29.1 Å². The summed E-state index contributed by atoms with van der Waals surface area (Å²) in [6, 6.07) is 13.7. The standard InChI is InChI=1S/C43H49F3N10O4/c1-27-24-55(28(2)23-54(27)34-7-3-30(21-47)36(20-34)43(44,45)46)42(60)49-32-5-9-38(48-22-32)53-13-11-29(12-14-53)25-51-15-17-52(18-16-51)33-6-4-31-26-56(41(59)35(31)19-33)37-8-10-39(57)50-40(37)58/h3-7,9,19-20,22,27-29,37H,8,10-18,23-26H2,1-2H3,(H,49,60)(H,50,57,58)/t27-,28+,37-/m0/s1. The molecule has 0 bridgehead atoms. The molecule has 5 amide bonds. The fourth-order valence-electron chi connectivity index (χ4n) is 9.29. The number of pyridine rings is 1. The third-order valence-electron chi connectivity index (χ3n) is 12.7. The van der Waals surface area contributed by atoms with Crippen LogP contribution in [0, 0.1) is 17.2 Å². The zero-order valence-electron chi connectivity index (χ0n) is 33.7. The van der Waals surface area contributed by atoms with Crippen molar-refractivity contribution in [2.24, 2.45) is 5.92 Å². The lowest BCUT2D eigenvalue weighted by Gasteiger charge is -2.45. The maximum absolute atomic E-state index is 13.6. The minimum Gasteiger partial charge on any atom is -0.369 e. The van der Waals surface area contributed by atoms with Crippen LogP contribution >= 0.6 is 0 Å². The van der Waals surface area contributed by atoms with Crippen molar-refractivity contribution in [2.75, 3.05) is 78.9 Å². The maximum atomic E-state index is 13.6. The second-order valence-electron chi connectivity index (χ2n) is 16.6. The summed E-state index contributed by atoms with van der Waals surface area (Å²) < 4.78 is 40.9. The van der Waals surface area contributed by atoms with Gasteiger partial charge in [-0.25, -0.2) is 9.78 Å². The van der Waals surface area contributed by atoms with E-state index in [9.17, 15) is 37.6 Å². The number of aromatic nitrogens is 1. The smallest absolute Gasteiger partial charge is 0.369 e. The van der Waals surface area contributed by atoms with Gasteiger partial charge in [0, 0.05) is 101 Å². The summed E-state index contributed by atoms with van der Waals surface area (Å²) in [6.07, 6.45) is -0.331. The van der Waals surface area contributed by atoms with Gasteiger partial charge in [-0.05, 0) is 87.1 Å². The maximum Gasteiger partial charge on any atom is 0.417 e. The van der Waals surface area contributed by atoms with Crippen LogP contribution in [-0.4, -0.2) is 120 Å². The summed E-state index contributed by atoms with van der Waals surface area (Å²) in [6.45, 7) is 11.1. The third kappa shape index (κ3) is 8.43.